The highest BCUT2D eigenvalue weighted by molar-refractivity contribution is 9.10. The minimum absolute atomic E-state index is 0.0347. The zero-order chi connectivity index (χ0) is 15.5. The third-order valence-electron chi connectivity index (χ3n) is 3.21. The molecule has 2 rings (SSSR count). The van der Waals surface area contributed by atoms with Gasteiger partial charge in [0.15, 0.2) is 4.67 Å². The van der Waals surface area contributed by atoms with Gasteiger partial charge < -0.3 is 14.5 Å². The van der Waals surface area contributed by atoms with E-state index < -0.39 is 10.0 Å². The SMILES string of the molecule is CC(C)NCc1cc(S(=O)(=O)NCC2CCCO2)c(Br)o1. The largest absolute Gasteiger partial charge is 0.452 e. The van der Waals surface area contributed by atoms with E-state index in [9.17, 15) is 8.42 Å². The first kappa shape index (κ1) is 17.0. The Labute approximate surface area is 133 Å². The molecule has 2 N–H and O–H groups in total. The second kappa shape index (κ2) is 7.23. The Morgan fingerprint density at radius 3 is 2.86 bits per heavy atom. The van der Waals surface area contributed by atoms with Crippen molar-refractivity contribution in [3.8, 4) is 0 Å². The highest BCUT2D eigenvalue weighted by Crippen LogP contribution is 2.26. The van der Waals surface area contributed by atoms with Crippen LogP contribution in [-0.2, 0) is 21.3 Å². The first-order valence-corrected chi connectivity index (χ1v) is 9.29. The second-order valence-electron chi connectivity index (χ2n) is 5.37. The van der Waals surface area contributed by atoms with Crippen molar-refractivity contribution >= 4 is 26.0 Å². The maximum atomic E-state index is 12.3. The Balaban J connectivity index is 2.01. The molecule has 0 aromatic carbocycles. The summed E-state index contributed by atoms with van der Waals surface area (Å²) in [5, 5.41) is 3.18. The molecule has 1 fully saturated rings. The minimum Gasteiger partial charge on any atom is -0.452 e. The number of sulfonamides is 1. The van der Waals surface area contributed by atoms with Gasteiger partial charge in [0.2, 0.25) is 10.0 Å². The maximum Gasteiger partial charge on any atom is 0.245 e. The molecular formula is C13H21BrN2O4S. The summed E-state index contributed by atoms with van der Waals surface area (Å²) in [5.74, 6) is 0.577. The molecule has 0 bridgehead atoms. The molecule has 1 atom stereocenters. The predicted molar refractivity (Wildman–Crippen MR) is 82.5 cm³/mol. The first-order valence-electron chi connectivity index (χ1n) is 7.01. The highest BCUT2D eigenvalue weighted by atomic mass is 79.9. The molecule has 0 spiro atoms. The van der Waals surface area contributed by atoms with Crippen LogP contribution in [0.4, 0.5) is 0 Å². The Morgan fingerprint density at radius 2 is 2.24 bits per heavy atom. The fraction of sp³-hybridized carbons (Fsp3) is 0.692. The molecule has 8 heteroatoms. The van der Waals surface area contributed by atoms with E-state index in [1.165, 1.54) is 6.07 Å². The Kier molecular flexibility index (Phi) is 5.84. The fourth-order valence-corrected chi connectivity index (χ4v) is 4.12. The summed E-state index contributed by atoms with van der Waals surface area (Å²) < 4.78 is 38.2. The topological polar surface area (TPSA) is 80.6 Å². The summed E-state index contributed by atoms with van der Waals surface area (Å²) in [4.78, 5) is 0.126. The average Bonchev–Trinajstić information content (AvgIpc) is 3.03. The molecule has 1 aliphatic rings. The van der Waals surface area contributed by atoms with Crippen molar-refractivity contribution in [3.63, 3.8) is 0 Å². The van der Waals surface area contributed by atoms with Gasteiger partial charge in [0.25, 0.3) is 0 Å². The maximum absolute atomic E-state index is 12.3. The Bertz CT molecular complexity index is 565. The summed E-state index contributed by atoms with van der Waals surface area (Å²) >= 11 is 3.17. The van der Waals surface area contributed by atoms with Gasteiger partial charge >= 0.3 is 0 Å². The van der Waals surface area contributed by atoms with Crippen LogP contribution in [0.15, 0.2) is 20.0 Å². The Morgan fingerprint density at radius 1 is 1.48 bits per heavy atom. The Hall–Kier alpha value is -0.410. The molecular weight excluding hydrogens is 360 g/mol. The van der Waals surface area contributed by atoms with Gasteiger partial charge in [-0.3, -0.25) is 0 Å². The standard InChI is InChI=1S/C13H21BrN2O4S/c1-9(2)15-7-11-6-12(13(14)20-11)21(17,18)16-8-10-4-3-5-19-10/h6,9-10,15-16H,3-5,7-8H2,1-2H3. The second-order valence-corrected chi connectivity index (χ2v) is 7.83. The first-order chi connectivity index (χ1) is 9.88. The van der Waals surface area contributed by atoms with Crippen LogP contribution in [0.2, 0.25) is 0 Å². The van der Waals surface area contributed by atoms with Gasteiger partial charge in [-0.15, -0.1) is 0 Å². The van der Waals surface area contributed by atoms with E-state index in [0.29, 0.717) is 31.5 Å². The van der Waals surface area contributed by atoms with Crippen LogP contribution in [0.3, 0.4) is 0 Å². The lowest BCUT2D eigenvalue weighted by Gasteiger charge is -2.10. The predicted octanol–water partition coefficient (Wildman–Crippen LogP) is 2.00. The zero-order valence-corrected chi connectivity index (χ0v) is 14.6. The molecule has 1 aliphatic heterocycles. The van der Waals surface area contributed by atoms with Gasteiger partial charge in [-0.25, -0.2) is 13.1 Å². The molecule has 2 heterocycles. The zero-order valence-electron chi connectivity index (χ0n) is 12.2. The molecule has 120 valence electrons. The summed E-state index contributed by atoms with van der Waals surface area (Å²) in [6.45, 7) is 5.50. The van der Waals surface area contributed by atoms with Crippen LogP contribution in [0, 0.1) is 0 Å². The smallest absolute Gasteiger partial charge is 0.245 e. The number of halogens is 1. The van der Waals surface area contributed by atoms with E-state index >= 15 is 0 Å². The lowest BCUT2D eigenvalue weighted by molar-refractivity contribution is 0.114. The van der Waals surface area contributed by atoms with E-state index in [1.54, 1.807) is 0 Å². The molecule has 1 aromatic heterocycles. The number of ether oxygens (including phenoxy) is 1. The molecule has 21 heavy (non-hydrogen) atoms. The summed E-state index contributed by atoms with van der Waals surface area (Å²) in [6, 6.07) is 1.84. The lowest BCUT2D eigenvalue weighted by atomic mass is 10.2. The summed E-state index contributed by atoms with van der Waals surface area (Å²) in [7, 11) is -3.59. The van der Waals surface area contributed by atoms with Crippen LogP contribution in [0.5, 0.6) is 0 Å². The van der Waals surface area contributed by atoms with E-state index in [1.807, 2.05) is 13.8 Å². The van der Waals surface area contributed by atoms with Gasteiger partial charge in [-0.2, -0.15) is 0 Å². The van der Waals surface area contributed by atoms with Crippen molar-refractivity contribution in [2.45, 2.75) is 50.3 Å². The molecule has 1 saturated heterocycles. The fourth-order valence-electron chi connectivity index (χ4n) is 2.06. The van der Waals surface area contributed by atoms with E-state index in [0.717, 1.165) is 12.8 Å². The molecule has 1 unspecified atom stereocenters. The van der Waals surface area contributed by atoms with Gasteiger partial charge in [-0.05, 0) is 28.8 Å². The number of hydrogen-bond acceptors (Lipinski definition) is 5. The molecule has 6 nitrogen and oxygen atoms in total. The number of nitrogens with one attached hydrogen (secondary N) is 2. The molecule has 1 aromatic rings. The number of rotatable bonds is 7. The molecule has 0 aliphatic carbocycles. The van der Waals surface area contributed by atoms with Gasteiger partial charge in [0, 0.05) is 25.3 Å². The quantitative estimate of drug-likeness (QED) is 0.755. The van der Waals surface area contributed by atoms with Crippen LogP contribution in [0.1, 0.15) is 32.4 Å². The number of furan rings is 1. The van der Waals surface area contributed by atoms with Crippen molar-refractivity contribution < 1.29 is 17.6 Å². The summed E-state index contributed by atoms with van der Waals surface area (Å²) in [5.41, 5.74) is 0. The summed E-state index contributed by atoms with van der Waals surface area (Å²) in [6.07, 6.45) is 1.83. The average molecular weight is 381 g/mol. The third kappa shape index (κ3) is 4.79. The van der Waals surface area contributed by atoms with Gasteiger partial charge in [-0.1, -0.05) is 13.8 Å². The molecule has 0 saturated carbocycles. The van der Waals surface area contributed by atoms with Crippen molar-refractivity contribution in [2.75, 3.05) is 13.2 Å². The van der Waals surface area contributed by atoms with Crippen molar-refractivity contribution in [1.29, 1.82) is 0 Å². The number of hydrogen-bond donors (Lipinski definition) is 2. The van der Waals surface area contributed by atoms with Gasteiger partial charge in [0.05, 0.1) is 12.6 Å². The van der Waals surface area contributed by atoms with Crippen LogP contribution >= 0.6 is 15.9 Å². The normalized spacial score (nSPS) is 19.5. The van der Waals surface area contributed by atoms with Gasteiger partial charge in [0.1, 0.15) is 10.7 Å². The lowest BCUT2D eigenvalue weighted by Crippen LogP contribution is -2.31. The van der Waals surface area contributed by atoms with Crippen LogP contribution < -0.4 is 10.0 Å². The van der Waals surface area contributed by atoms with E-state index in [-0.39, 0.29) is 15.7 Å². The van der Waals surface area contributed by atoms with Crippen molar-refractivity contribution in [1.82, 2.24) is 10.0 Å². The monoisotopic (exact) mass is 380 g/mol. The van der Waals surface area contributed by atoms with Crippen molar-refractivity contribution in [2.24, 2.45) is 0 Å². The van der Waals surface area contributed by atoms with E-state index in [2.05, 4.69) is 26.0 Å². The highest BCUT2D eigenvalue weighted by Gasteiger charge is 2.24. The third-order valence-corrected chi connectivity index (χ3v) is 5.49. The van der Waals surface area contributed by atoms with Crippen LogP contribution in [-0.4, -0.2) is 33.7 Å². The van der Waals surface area contributed by atoms with Crippen molar-refractivity contribution in [3.05, 3.63) is 16.5 Å². The van der Waals surface area contributed by atoms with E-state index in [4.69, 9.17) is 9.15 Å². The van der Waals surface area contributed by atoms with Crippen LogP contribution in [0.25, 0.3) is 0 Å². The minimum atomic E-state index is -3.59. The molecule has 0 radical (unpaired) electrons. The molecule has 0 amide bonds.